The van der Waals surface area contributed by atoms with Crippen molar-refractivity contribution in [1.82, 2.24) is 19.4 Å². The number of hydrogen-bond donors (Lipinski definition) is 3. The van der Waals surface area contributed by atoms with E-state index in [1.165, 1.54) is 12.1 Å². The molecule has 0 bridgehead atoms. The van der Waals surface area contributed by atoms with Gasteiger partial charge in [-0.25, -0.2) is 17.2 Å². The molecule has 0 radical (unpaired) electrons. The Bertz CT molecular complexity index is 1550. The van der Waals surface area contributed by atoms with Crippen LogP contribution in [-0.4, -0.2) is 72.4 Å². The van der Waals surface area contributed by atoms with E-state index < -0.39 is 38.4 Å². The second-order valence-corrected chi connectivity index (χ2v) is 11.8. The van der Waals surface area contributed by atoms with Gasteiger partial charge in [-0.05, 0) is 50.2 Å². The number of H-pyrrole nitrogens is 1. The number of fused-ring (bicyclic) bond motifs is 1. The van der Waals surface area contributed by atoms with Gasteiger partial charge in [0, 0.05) is 49.9 Å². The van der Waals surface area contributed by atoms with E-state index in [1.807, 2.05) is 7.05 Å². The van der Waals surface area contributed by atoms with Gasteiger partial charge in [0.25, 0.3) is 5.91 Å². The first kappa shape index (κ1) is 27.7. The molecule has 40 heavy (non-hydrogen) atoms. The molecule has 0 atom stereocenters. The Labute approximate surface area is 229 Å². The van der Waals surface area contributed by atoms with Crippen molar-refractivity contribution in [1.29, 1.82) is 0 Å². The van der Waals surface area contributed by atoms with Gasteiger partial charge in [0.1, 0.15) is 23.5 Å². The molecule has 3 heterocycles. The molecule has 1 fully saturated rings. The summed E-state index contributed by atoms with van der Waals surface area (Å²) in [5.41, 5.74) is 6.52. The predicted octanol–water partition coefficient (Wildman–Crippen LogP) is 2.26. The molecule has 0 aliphatic carbocycles. The van der Waals surface area contributed by atoms with Gasteiger partial charge < -0.3 is 20.7 Å². The number of nitrogens with two attached hydrogens (primary N) is 1. The minimum absolute atomic E-state index is 0.00417. The van der Waals surface area contributed by atoms with E-state index >= 15 is 0 Å². The zero-order valence-electron chi connectivity index (χ0n) is 21.6. The molecular weight excluding hydrogens is 546 g/mol. The number of aromatic nitrogens is 2. The van der Waals surface area contributed by atoms with Gasteiger partial charge in [0.05, 0.1) is 16.0 Å². The highest BCUT2D eigenvalue weighted by atomic mass is 32.2. The maximum Gasteiger partial charge on any atom is 0.257 e. The van der Waals surface area contributed by atoms with Crippen molar-refractivity contribution in [2.75, 3.05) is 32.0 Å². The van der Waals surface area contributed by atoms with Gasteiger partial charge >= 0.3 is 0 Å². The van der Waals surface area contributed by atoms with Crippen LogP contribution < -0.4 is 15.8 Å². The summed E-state index contributed by atoms with van der Waals surface area (Å²) in [6.07, 6.45) is 1.87. The number of piperidine rings is 1. The van der Waals surface area contributed by atoms with E-state index in [0.717, 1.165) is 42.4 Å². The van der Waals surface area contributed by atoms with E-state index in [0.29, 0.717) is 23.1 Å². The van der Waals surface area contributed by atoms with Crippen molar-refractivity contribution in [3.63, 3.8) is 0 Å². The number of nitrogens with one attached hydrogen (secondary N) is 2. The standard InChI is InChI=1S/C26H28F2N6O5S/c1-33-7-4-17(5-8-33)39-18-2-3-20(21(13-18)24(29)35)26(36)30-25-22-14-34(9-6-23(22)31-32-25)40(37,38)19-11-15(27)10-16(28)12-19/h2-3,10-13,17H,4-9,14H2,1H3,(H2,29,35)(H2,30,31,32,36). The fraction of sp³-hybridized carbons (Fsp3) is 0.346. The third kappa shape index (κ3) is 5.69. The number of ether oxygens (including phenoxy) is 1. The molecular formula is C26H28F2N6O5S. The summed E-state index contributed by atoms with van der Waals surface area (Å²) in [7, 11) is -2.21. The number of carbonyl (C=O) groups excluding carboxylic acids is 2. The normalized spacial score (nSPS) is 16.9. The highest BCUT2D eigenvalue weighted by Crippen LogP contribution is 2.30. The monoisotopic (exact) mass is 574 g/mol. The third-order valence-electron chi connectivity index (χ3n) is 7.07. The van der Waals surface area contributed by atoms with Crippen LogP contribution in [0.3, 0.4) is 0 Å². The number of aromatic amines is 1. The number of likely N-dealkylation sites (tertiary alicyclic amines) is 1. The lowest BCUT2D eigenvalue weighted by atomic mass is 10.0. The number of benzene rings is 2. The molecule has 0 spiro atoms. The number of rotatable bonds is 7. The molecule has 4 N–H and O–H groups in total. The van der Waals surface area contributed by atoms with Crippen molar-refractivity contribution in [2.24, 2.45) is 5.73 Å². The van der Waals surface area contributed by atoms with Gasteiger partial charge in [-0.1, -0.05) is 0 Å². The Hall–Kier alpha value is -3.88. The fourth-order valence-electron chi connectivity index (χ4n) is 4.87. The number of nitrogens with zero attached hydrogens (tertiary/aromatic N) is 3. The lowest BCUT2D eigenvalue weighted by molar-refractivity contribution is 0.0973. The Kier molecular flexibility index (Phi) is 7.57. The molecule has 1 saturated heterocycles. The Morgan fingerprint density at radius 3 is 2.45 bits per heavy atom. The largest absolute Gasteiger partial charge is 0.490 e. The van der Waals surface area contributed by atoms with Crippen molar-refractivity contribution >= 4 is 27.7 Å². The zero-order chi connectivity index (χ0) is 28.6. The molecule has 2 amide bonds. The molecule has 212 valence electrons. The van der Waals surface area contributed by atoms with Gasteiger partial charge in [-0.15, -0.1) is 0 Å². The number of primary amides is 1. The topological polar surface area (TPSA) is 151 Å². The molecule has 3 aromatic rings. The summed E-state index contributed by atoms with van der Waals surface area (Å²) in [5.74, 6) is -3.04. The average Bonchev–Trinajstić information content (AvgIpc) is 3.31. The summed E-state index contributed by atoms with van der Waals surface area (Å²) in [4.78, 5) is 27.1. The molecule has 0 saturated carbocycles. The summed E-state index contributed by atoms with van der Waals surface area (Å²) in [6, 6.07) is 6.54. The summed E-state index contributed by atoms with van der Waals surface area (Å²) in [6.45, 7) is 1.61. The second-order valence-electron chi connectivity index (χ2n) is 9.87. The highest BCUT2D eigenvalue weighted by Gasteiger charge is 2.32. The lowest BCUT2D eigenvalue weighted by Crippen LogP contribution is -2.36. The minimum atomic E-state index is -4.24. The quantitative estimate of drug-likeness (QED) is 0.392. The number of anilines is 1. The molecule has 2 aliphatic rings. The van der Waals surface area contributed by atoms with Crippen molar-refractivity contribution in [3.8, 4) is 5.75 Å². The highest BCUT2D eigenvalue weighted by molar-refractivity contribution is 7.89. The maximum atomic E-state index is 13.7. The fourth-order valence-corrected chi connectivity index (χ4v) is 6.33. The minimum Gasteiger partial charge on any atom is -0.490 e. The summed E-state index contributed by atoms with van der Waals surface area (Å²) >= 11 is 0. The zero-order valence-corrected chi connectivity index (χ0v) is 22.4. The summed E-state index contributed by atoms with van der Waals surface area (Å²) in [5, 5.41) is 9.52. The van der Waals surface area contributed by atoms with Crippen LogP contribution in [0.25, 0.3) is 0 Å². The van der Waals surface area contributed by atoms with E-state index in [9.17, 15) is 26.8 Å². The van der Waals surface area contributed by atoms with Crippen molar-refractivity contribution < 1.29 is 31.5 Å². The van der Waals surface area contributed by atoms with Crippen LogP contribution in [0.2, 0.25) is 0 Å². The summed E-state index contributed by atoms with van der Waals surface area (Å²) < 4.78 is 60.7. The third-order valence-corrected chi connectivity index (χ3v) is 8.90. The first-order valence-corrected chi connectivity index (χ1v) is 14.1. The Balaban J connectivity index is 1.34. The van der Waals surface area contributed by atoms with Gasteiger partial charge in [-0.2, -0.15) is 9.40 Å². The van der Waals surface area contributed by atoms with E-state index in [2.05, 4.69) is 20.4 Å². The molecule has 0 unspecified atom stereocenters. The first-order valence-electron chi connectivity index (χ1n) is 12.6. The second kappa shape index (κ2) is 10.9. The molecule has 1 aromatic heterocycles. The van der Waals surface area contributed by atoms with Gasteiger partial charge in [0.2, 0.25) is 15.9 Å². The number of halogens is 2. The van der Waals surface area contributed by atoms with E-state index in [4.69, 9.17) is 10.5 Å². The van der Waals surface area contributed by atoms with Crippen LogP contribution in [-0.2, 0) is 23.0 Å². The van der Waals surface area contributed by atoms with Gasteiger partial charge in [0.15, 0.2) is 5.82 Å². The van der Waals surface area contributed by atoms with Crippen molar-refractivity contribution in [2.45, 2.75) is 36.8 Å². The number of hydrogen-bond acceptors (Lipinski definition) is 7. The van der Waals surface area contributed by atoms with Crippen LogP contribution in [0.5, 0.6) is 5.75 Å². The van der Waals surface area contributed by atoms with Crippen LogP contribution >= 0.6 is 0 Å². The number of amides is 2. The van der Waals surface area contributed by atoms with Crippen LogP contribution in [0, 0.1) is 11.6 Å². The maximum absolute atomic E-state index is 13.7. The Morgan fingerprint density at radius 1 is 1.07 bits per heavy atom. The molecule has 14 heteroatoms. The predicted molar refractivity (Wildman–Crippen MR) is 140 cm³/mol. The van der Waals surface area contributed by atoms with Crippen molar-refractivity contribution in [3.05, 3.63) is 70.4 Å². The van der Waals surface area contributed by atoms with Crippen LogP contribution in [0.15, 0.2) is 41.3 Å². The molecule has 2 aromatic carbocycles. The van der Waals surface area contributed by atoms with Crippen LogP contribution in [0.4, 0.5) is 14.6 Å². The molecule has 2 aliphatic heterocycles. The van der Waals surface area contributed by atoms with Crippen LogP contribution in [0.1, 0.15) is 44.8 Å². The first-order chi connectivity index (χ1) is 19.0. The van der Waals surface area contributed by atoms with E-state index in [1.54, 1.807) is 6.07 Å². The van der Waals surface area contributed by atoms with E-state index in [-0.39, 0.29) is 42.6 Å². The molecule has 5 rings (SSSR count). The van der Waals surface area contributed by atoms with Gasteiger partial charge in [-0.3, -0.25) is 14.7 Å². The Morgan fingerprint density at radius 2 is 1.77 bits per heavy atom. The smallest absolute Gasteiger partial charge is 0.257 e. The number of sulfonamides is 1. The SMILES string of the molecule is CN1CCC(Oc2ccc(C(=O)Nc3n[nH]c4c3CN(S(=O)(=O)c3cc(F)cc(F)c3)CC4)c(C(N)=O)c2)CC1. The molecule has 11 nitrogen and oxygen atoms in total. The lowest BCUT2D eigenvalue weighted by Gasteiger charge is -2.29. The average molecular weight is 575 g/mol. The number of carbonyl (C=O) groups is 2.